The van der Waals surface area contributed by atoms with Crippen LogP contribution in [0, 0.1) is 0 Å². The molecule has 0 spiro atoms. The van der Waals surface area contributed by atoms with E-state index in [9.17, 15) is 22.8 Å². The number of nitrogens with two attached hydrogens (primary N) is 1. The first-order valence-corrected chi connectivity index (χ1v) is 11.1. The van der Waals surface area contributed by atoms with Crippen LogP contribution in [0.4, 0.5) is 18.9 Å². The number of primary amides is 1. The van der Waals surface area contributed by atoms with Crippen molar-refractivity contribution >= 4 is 23.5 Å². The summed E-state index contributed by atoms with van der Waals surface area (Å²) in [4.78, 5) is 35.3. The molecule has 1 fully saturated rings. The maximum atomic E-state index is 12.7. The quantitative estimate of drug-likeness (QED) is 0.509. The van der Waals surface area contributed by atoms with Gasteiger partial charge in [-0.1, -0.05) is 18.2 Å². The van der Waals surface area contributed by atoms with Crippen LogP contribution in [0.2, 0.25) is 0 Å². The third kappa shape index (κ3) is 7.27. The lowest BCUT2D eigenvalue weighted by Gasteiger charge is -2.22. The molecule has 0 saturated carbocycles. The molecule has 1 saturated heterocycles. The Morgan fingerprint density at radius 2 is 1.89 bits per heavy atom. The fourth-order valence-electron chi connectivity index (χ4n) is 4.14. The van der Waals surface area contributed by atoms with Gasteiger partial charge in [0.05, 0.1) is 6.04 Å². The number of halogens is 3. The van der Waals surface area contributed by atoms with Gasteiger partial charge in [0.2, 0.25) is 5.91 Å². The van der Waals surface area contributed by atoms with Crippen molar-refractivity contribution in [2.45, 2.75) is 44.6 Å². The molecule has 2 heterocycles. The third-order valence-corrected chi connectivity index (χ3v) is 5.86. The average molecular weight is 492 g/mol. The molecule has 0 radical (unpaired) electrons. The molecule has 2 aliphatic heterocycles. The first-order chi connectivity index (χ1) is 16.5. The van der Waals surface area contributed by atoms with Crippen LogP contribution in [0.15, 0.2) is 42.5 Å². The van der Waals surface area contributed by atoms with Crippen LogP contribution in [-0.4, -0.2) is 53.1 Å². The molecule has 0 aliphatic carbocycles. The van der Waals surface area contributed by atoms with Gasteiger partial charge in [-0.15, -0.1) is 0 Å². The third-order valence-electron chi connectivity index (χ3n) is 5.86. The summed E-state index contributed by atoms with van der Waals surface area (Å²) < 4.78 is 31.7. The fraction of sp³-hybridized carbons (Fsp3) is 0.375. The van der Waals surface area contributed by atoms with Crippen molar-refractivity contribution in [2.75, 3.05) is 18.4 Å². The number of alkyl halides is 3. The number of rotatable bonds is 5. The standard InChI is InChI=1S/C22H26N4O2.C2HF3O2/c23-21(27)20-5-2-10-26(20)14-15-3-1-4-19(11-15)25-22(28)17-6-7-18-13-24-9-8-16(18)12-17;3-2(4,5)1(6)7/h1,3-4,6-7,11-12,20,24H,2,5,8-10,13-14H2,(H2,23,27)(H,25,28);(H,6,7). The number of carboxylic acids is 1. The first kappa shape index (κ1) is 26.2. The second-order valence-electron chi connectivity index (χ2n) is 8.40. The summed E-state index contributed by atoms with van der Waals surface area (Å²) >= 11 is 0. The van der Waals surface area contributed by atoms with Gasteiger partial charge in [0.25, 0.3) is 5.91 Å². The number of aliphatic carboxylic acids is 1. The minimum absolute atomic E-state index is 0.102. The second kappa shape index (κ2) is 11.3. The Balaban J connectivity index is 0.000000429. The molecular formula is C24H27F3N4O4. The second-order valence-corrected chi connectivity index (χ2v) is 8.40. The Labute approximate surface area is 200 Å². The monoisotopic (exact) mass is 492 g/mol. The number of carbonyl (C=O) groups excluding carboxylic acids is 2. The predicted molar refractivity (Wildman–Crippen MR) is 123 cm³/mol. The zero-order valence-electron chi connectivity index (χ0n) is 18.9. The van der Waals surface area contributed by atoms with Crippen LogP contribution in [0.25, 0.3) is 0 Å². The van der Waals surface area contributed by atoms with E-state index in [4.69, 9.17) is 15.6 Å². The minimum Gasteiger partial charge on any atom is -0.475 e. The van der Waals surface area contributed by atoms with E-state index in [1.54, 1.807) is 0 Å². The molecule has 2 aromatic rings. The molecule has 2 amide bonds. The van der Waals surface area contributed by atoms with Gasteiger partial charge in [0.1, 0.15) is 0 Å². The average Bonchev–Trinajstić information content (AvgIpc) is 3.27. The molecule has 1 unspecified atom stereocenters. The Bertz CT molecular complexity index is 1090. The van der Waals surface area contributed by atoms with Crippen molar-refractivity contribution in [1.29, 1.82) is 0 Å². The summed E-state index contributed by atoms with van der Waals surface area (Å²) in [5.41, 5.74) is 10.5. The van der Waals surface area contributed by atoms with E-state index in [2.05, 4.69) is 15.5 Å². The van der Waals surface area contributed by atoms with Gasteiger partial charge in [0.15, 0.2) is 0 Å². The number of nitrogens with zero attached hydrogens (tertiary/aromatic N) is 1. The summed E-state index contributed by atoms with van der Waals surface area (Å²) in [7, 11) is 0. The van der Waals surface area contributed by atoms with Crippen molar-refractivity contribution in [3.63, 3.8) is 0 Å². The molecule has 8 nitrogen and oxygen atoms in total. The number of anilines is 1. The molecule has 4 rings (SSSR count). The Hall–Kier alpha value is -3.44. The van der Waals surface area contributed by atoms with Gasteiger partial charge in [-0.3, -0.25) is 14.5 Å². The Morgan fingerprint density at radius 3 is 2.57 bits per heavy atom. The molecule has 11 heteroatoms. The van der Waals surface area contributed by atoms with E-state index in [1.165, 1.54) is 11.1 Å². The molecule has 35 heavy (non-hydrogen) atoms. The predicted octanol–water partition coefficient (Wildman–Crippen LogP) is 2.67. The number of amides is 2. The van der Waals surface area contributed by atoms with Gasteiger partial charge >= 0.3 is 12.1 Å². The van der Waals surface area contributed by atoms with Gasteiger partial charge in [-0.2, -0.15) is 13.2 Å². The maximum absolute atomic E-state index is 12.7. The molecule has 2 aliphatic rings. The van der Waals surface area contributed by atoms with Crippen molar-refractivity contribution in [2.24, 2.45) is 5.73 Å². The number of carboxylic acid groups (broad SMARTS) is 1. The largest absolute Gasteiger partial charge is 0.490 e. The SMILES string of the molecule is NC(=O)C1CCCN1Cc1cccc(NC(=O)c2ccc3c(c2)CCNC3)c1.O=C(O)C(F)(F)F. The van der Waals surface area contributed by atoms with Gasteiger partial charge < -0.3 is 21.5 Å². The van der Waals surface area contributed by atoms with E-state index >= 15 is 0 Å². The summed E-state index contributed by atoms with van der Waals surface area (Å²) in [6.45, 7) is 3.34. The fourth-order valence-corrected chi connectivity index (χ4v) is 4.14. The highest BCUT2D eigenvalue weighted by molar-refractivity contribution is 6.04. The zero-order valence-corrected chi connectivity index (χ0v) is 18.9. The molecule has 5 N–H and O–H groups in total. The van der Waals surface area contributed by atoms with E-state index < -0.39 is 12.1 Å². The highest BCUT2D eigenvalue weighted by Crippen LogP contribution is 2.22. The number of carbonyl (C=O) groups is 3. The lowest BCUT2D eigenvalue weighted by molar-refractivity contribution is -0.192. The van der Waals surface area contributed by atoms with Crippen molar-refractivity contribution in [3.05, 3.63) is 64.7 Å². The van der Waals surface area contributed by atoms with E-state index in [0.717, 1.165) is 50.1 Å². The van der Waals surface area contributed by atoms with E-state index in [1.807, 2.05) is 42.5 Å². The number of hydrogen-bond acceptors (Lipinski definition) is 5. The summed E-state index contributed by atoms with van der Waals surface area (Å²) in [5, 5.41) is 13.5. The number of hydrogen-bond donors (Lipinski definition) is 4. The lowest BCUT2D eigenvalue weighted by Crippen LogP contribution is -2.39. The molecular weight excluding hydrogens is 465 g/mol. The highest BCUT2D eigenvalue weighted by atomic mass is 19.4. The number of benzene rings is 2. The van der Waals surface area contributed by atoms with Gasteiger partial charge in [-0.05, 0) is 73.3 Å². The van der Waals surface area contributed by atoms with E-state index in [-0.39, 0.29) is 17.9 Å². The molecule has 1 atom stereocenters. The minimum atomic E-state index is -5.08. The lowest BCUT2D eigenvalue weighted by atomic mass is 9.98. The van der Waals surface area contributed by atoms with Crippen molar-refractivity contribution in [3.8, 4) is 0 Å². The maximum Gasteiger partial charge on any atom is 0.490 e. The summed E-state index contributed by atoms with van der Waals surface area (Å²) in [6.07, 6.45) is -2.33. The first-order valence-electron chi connectivity index (χ1n) is 11.1. The number of likely N-dealkylation sites (tertiary alicyclic amines) is 1. The summed E-state index contributed by atoms with van der Waals surface area (Å²) in [5.74, 6) is -3.12. The highest BCUT2D eigenvalue weighted by Gasteiger charge is 2.38. The Morgan fingerprint density at radius 1 is 1.14 bits per heavy atom. The molecule has 0 bridgehead atoms. The smallest absolute Gasteiger partial charge is 0.475 e. The van der Waals surface area contributed by atoms with Gasteiger partial charge in [0, 0.05) is 24.3 Å². The van der Waals surface area contributed by atoms with Crippen LogP contribution in [-0.2, 0) is 29.1 Å². The topological polar surface area (TPSA) is 125 Å². The molecule has 2 aromatic carbocycles. The molecule has 188 valence electrons. The summed E-state index contributed by atoms with van der Waals surface area (Å²) in [6, 6.07) is 13.5. The van der Waals surface area contributed by atoms with Crippen LogP contribution in [0.5, 0.6) is 0 Å². The van der Waals surface area contributed by atoms with Gasteiger partial charge in [-0.25, -0.2) is 4.79 Å². The Kier molecular flexibility index (Phi) is 8.47. The number of fused-ring (bicyclic) bond motifs is 1. The van der Waals surface area contributed by atoms with Crippen molar-refractivity contribution < 1.29 is 32.7 Å². The van der Waals surface area contributed by atoms with E-state index in [0.29, 0.717) is 12.1 Å². The number of nitrogens with one attached hydrogen (secondary N) is 2. The van der Waals surface area contributed by atoms with Crippen LogP contribution < -0.4 is 16.4 Å². The van der Waals surface area contributed by atoms with Crippen LogP contribution in [0.1, 0.15) is 39.9 Å². The van der Waals surface area contributed by atoms with Crippen LogP contribution in [0.3, 0.4) is 0 Å². The molecule has 0 aromatic heterocycles. The zero-order chi connectivity index (χ0) is 25.6. The van der Waals surface area contributed by atoms with Crippen molar-refractivity contribution in [1.82, 2.24) is 10.2 Å². The van der Waals surface area contributed by atoms with Crippen LogP contribution >= 0.6 is 0 Å². The normalized spacial score (nSPS) is 17.6.